The Kier molecular flexibility index (Phi) is 6.22. The molecule has 11 heteroatoms. The molecule has 2 fully saturated rings. The quantitative estimate of drug-likeness (QED) is 0.581. The van der Waals surface area contributed by atoms with Gasteiger partial charge in [0.15, 0.2) is 0 Å². The van der Waals surface area contributed by atoms with Crippen LogP contribution in [0.4, 0.5) is 17.6 Å². The van der Waals surface area contributed by atoms with Crippen LogP contribution in [0.15, 0.2) is 36.4 Å². The number of carbonyl (C=O) groups is 1. The molecule has 1 aliphatic heterocycles. The first kappa shape index (κ1) is 24.0. The Morgan fingerprint density at radius 3 is 2.52 bits per heavy atom. The van der Waals surface area contributed by atoms with E-state index in [0.717, 1.165) is 17.0 Å². The Balaban J connectivity index is 1.59. The Morgan fingerprint density at radius 1 is 1.24 bits per heavy atom. The highest BCUT2D eigenvalue weighted by Gasteiger charge is 2.64. The molecule has 0 radical (unpaired) electrons. The third-order valence-corrected chi connectivity index (χ3v) is 7.82. The molecular weight excluding hydrogens is 484 g/mol. The summed E-state index contributed by atoms with van der Waals surface area (Å²) in [5, 5.41) is 0.134. The Bertz CT molecular complexity index is 1190. The van der Waals surface area contributed by atoms with Crippen molar-refractivity contribution >= 4 is 27.5 Å². The summed E-state index contributed by atoms with van der Waals surface area (Å²) in [5.74, 6) is -3.88. The van der Waals surface area contributed by atoms with Crippen LogP contribution in [0.3, 0.4) is 0 Å². The molecule has 1 amide bonds. The fraction of sp³-hybridized carbons (Fsp3) is 0.409. The molecule has 2 aliphatic rings. The van der Waals surface area contributed by atoms with E-state index in [2.05, 4.69) is 4.72 Å². The summed E-state index contributed by atoms with van der Waals surface area (Å²) >= 11 is 6.00. The van der Waals surface area contributed by atoms with E-state index < -0.39 is 56.9 Å². The first-order valence-corrected chi connectivity index (χ1v) is 12.4. The van der Waals surface area contributed by atoms with Gasteiger partial charge in [0.2, 0.25) is 15.9 Å². The molecule has 1 heterocycles. The lowest BCUT2D eigenvalue weighted by Gasteiger charge is -2.44. The van der Waals surface area contributed by atoms with E-state index in [1.54, 1.807) is 0 Å². The van der Waals surface area contributed by atoms with Gasteiger partial charge in [-0.25, -0.2) is 30.7 Å². The molecule has 1 N–H and O–H groups in total. The molecular formula is C22H21ClF4N2O3S. The fourth-order valence-electron chi connectivity index (χ4n) is 4.17. The van der Waals surface area contributed by atoms with Crippen molar-refractivity contribution in [3.05, 3.63) is 58.6 Å². The van der Waals surface area contributed by atoms with Crippen LogP contribution in [-0.2, 0) is 20.5 Å². The molecule has 1 saturated heterocycles. The van der Waals surface area contributed by atoms with Crippen LogP contribution in [-0.4, -0.2) is 50.3 Å². The molecule has 178 valence electrons. The second-order valence-corrected chi connectivity index (χ2v) is 10.8. The Morgan fingerprint density at radius 2 is 1.91 bits per heavy atom. The average molecular weight is 505 g/mol. The number of likely N-dealkylation sites (tertiary alicyclic amines) is 1. The van der Waals surface area contributed by atoms with Crippen molar-refractivity contribution in [2.75, 3.05) is 18.8 Å². The molecule has 4 atom stereocenters. The smallest absolute Gasteiger partial charge is 0.229 e. The minimum Gasteiger partial charge on any atom is -0.332 e. The van der Waals surface area contributed by atoms with Gasteiger partial charge >= 0.3 is 0 Å². The van der Waals surface area contributed by atoms with Crippen LogP contribution in [0, 0.1) is 17.6 Å². The maximum Gasteiger partial charge on any atom is 0.229 e. The summed E-state index contributed by atoms with van der Waals surface area (Å²) in [6.45, 7) is 0.823. The first-order valence-electron chi connectivity index (χ1n) is 10.3. The first-order chi connectivity index (χ1) is 15.5. The second-order valence-electron chi connectivity index (χ2n) is 8.23. The van der Waals surface area contributed by atoms with E-state index in [9.17, 15) is 26.4 Å². The third kappa shape index (κ3) is 4.36. The predicted molar refractivity (Wildman–Crippen MR) is 116 cm³/mol. The van der Waals surface area contributed by atoms with Crippen molar-refractivity contribution in [2.45, 2.75) is 31.2 Å². The van der Waals surface area contributed by atoms with Gasteiger partial charge in [-0.15, -0.1) is 0 Å². The average Bonchev–Trinajstić information content (AvgIpc) is 3.44. The molecule has 33 heavy (non-hydrogen) atoms. The zero-order valence-electron chi connectivity index (χ0n) is 17.5. The van der Waals surface area contributed by atoms with Gasteiger partial charge in [0.25, 0.3) is 0 Å². The number of halogens is 5. The summed E-state index contributed by atoms with van der Waals surface area (Å²) in [6.07, 6.45) is -1.70. The molecule has 0 spiro atoms. The largest absolute Gasteiger partial charge is 0.332 e. The van der Waals surface area contributed by atoms with Gasteiger partial charge in [-0.2, -0.15) is 0 Å². The number of hydrogen-bond donors (Lipinski definition) is 1. The van der Waals surface area contributed by atoms with Crippen LogP contribution >= 0.6 is 11.6 Å². The van der Waals surface area contributed by atoms with E-state index in [4.69, 9.17) is 11.6 Å². The minimum absolute atomic E-state index is 0.0881. The summed E-state index contributed by atoms with van der Waals surface area (Å²) in [4.78, 5) is 14.0. The molecule has 0 aromatic heterocycles. The predicted octanol–water partition coefficient (Wildman–Crippen LogP) is 3.96. The van der Waals surface area contributed by atoms with Crippen LogP contribution in [0.2, 0.25) is 5.02 Å². The number of rotatable bonds is 7. The van der Waals surface area contributed by atoms with Gasteiger partial charge in [0, 0.05) is 18.0 Å². The number of amides is 1. The molecule has 0 bridgehead atoms. The standard InChI is InChI=1S/C22H21ClF4N2O3S/c1-2-33(31,32)28-10-19-18(26)11-29(19)21(30)15-9-22(15,27)14-7-6-12(23)8-13(14)20-16(24)4-3-5-17(20)25/h3-8,15,18-19,28H,2,9-11H2,1H3/t15-,18+,19+,22+/m0/s1. The second kappa shape index (κ2) is 8.56. The van der Waals surface area contributed by atoms with Gasteiger partial charge in [0.05, 0.1) is 29.8 Å². The summed E-state index contributed by atoms with van der Waals surface area (Å²) in [7, 11) is -3.59. The number of alkyl halides is 2. The highest BCUT2D eigenvalue weighted by Crippen LogP contribution is 2.59. The van der Waals surface area contributed by atoms with Crippen molar-refractivity contribution < 1.29 is 30.8 Å². The van der Waals surface area contributed by atoms with Crippen LogP contribution in [0.5, 0.6) is 0 Å². The van der Waals surface area contributed by atoms with Crippen LogP contribution in [0.25, 0.3) is 11.1 Å². The topological polar surface area (TPSA) is 66.5 Å². The van der Waals surface area contributed by atoms with Gasteiger partial charge in [-0.3, -0.25) is 4.79 Å². The van der Waals surface area contributed by atoms with E-state index in [1.807, 2.05) is 0 Å². The number of benzene rings is 2. The fourth-order valence-corrected chi connectivity index (χ4v) is 4.97. The molecule has 1 aliphatic carbocycles. The molecule has 2 aromatic rings. The lowest BCUT2D eigenvalue weighted by molar-refractivity contribution is -0.147. The number of nitrogens with zero attached hydrogens (tertiary/aromatic N) is 1. The van der Waals surface area contributed by atoms with Crippen molar-refractivity contribution in [3.63, 3.8) is 0 Å². The lowest BCUT2D eigenvalue weighted by Crippen LogP contribution is -2.64. The van der Waals surface area contributed by atoms with Crippen molar-refractivity contribution in [1.29, 1.82) is 0 Å². The minimum atomic E-state index is -3.59. The molecule has 1 saturated carbocycles. The Hall–Kier alpha value is -2.17. The maximum atomic E-state index is 15.9. The number of carbonyl (C=O) groups excluding carboxylic acids is 1. The van der Waals surface area contributed by atoms with Crippen LogP contribution in [0.1, 0.15) is 18.9 Å². The van der Waals surface area contributed by atoms with Gasteiger partial charge < -0.3 is 4.90 Å². The number of sulfonamides is 1. The SMILES string of the molecule is CCS(=O)(=O)NC[C@@H]1[C@H](F)CN1C(=O)[C@@H]1C[C@@]1(F)c1ccc(Cl)cc1-c1c(F)cccc1F. The van der Waals surface area contributed by atoms with Crippen molar-refractivity contribution in [3.8, 4) is 11.1 Å². The monoisotopic (exact) mass is 504 g/mol. The number of nitrogens with one attached hydrogen (secondary N) is 1. The molecule has 5 nitrogen and oxygen atoms in total. The maximum absolute atomic E-state index is 15.9. The zero-order chi connectivity index (χ0) is 24.1. The highest BCUT2D eigenvalue weighted by atomic mass is 35.5. The molecule has 4 rings (SSSR count). The summed E-state index contributed by atoms with van der Waals surface area (Å²) < 4.78 is 84.4. The van der Waals surface area contributed by atoms with Crippen molar-refractivity contribution in [1.82, 2.24) is 9.62 Å². The highest BCUT2D eigenvalue weighted by molar-refractivity contribution is 7.89. The van der Waals surface area contributed by atoms with E-state index >= 15 is 4.39 Å². The Labute approximate surface area is 193 Å². The number of hydrogen-bond acceptors (Lipinski definition) is 3. The third-order valence-electron chi connectivity index (χ3n) is 6.22. The lowest BCUT2D eigenvalue weighted by atomic mass is 9.93. The van der Waals surface area contributed by atoms with Gasteiger partial charge in [-0.05, 0) is 42.3 Å². The summed E-state index contributed by atoms with van der Waals surface area (Å²) in [5.41, 5.74) is -2.87. The van der Waals surface area contributed by atoms with E-state index in [0.29, 0.717) is 0 Å². The molecule has 0 unspecified atom stereocenters. The summed E-state index contributed by atoms with van der Waals surface area (Å²) in [6, 6.07) is 6.10. The van der Waals surface area contributed by atoms with Crippen molar-refractivity contribution in [2.24, 2.45) is 5.92 Å². The van der Waals surface area contributed by atoms with Gasteiger partial charge in [-0.1, -0.05) is 23.7 Å². The van der Waals surface area contributed by atoms with E-state index in [-0.39, 0.29) is 41.4 Å². The van der Waals surface area contributed by atoms with Crippen LogP contribution < -0.4 is 4.72 Å². The van der Waals surface area contributed by atoms with E-state index in [1.165, 1.54) is 31.2 Å². The van der Waals surface area contributed by atoms with Gasteiger partial charge in [0.1, 0.15) is 23.5 Å². The zero-order valence-corrected chi connectivity index (χ0v) is 19.1. The normalized spacial score (nSPS) is 26.7. The molecule has 2 aromatic carbocycles.